The molecular weight excluding hydrogens is 254 g/mol. The molecule has 1 heterocycles. The number of para-hydroxylation sites is 1. The summed E-state index contributed by atoms with van der Waals surface area (Å²) in [5.74, 6) is -0.412. The van der Waals surface area contributed by atoms with Crippen LogP contribution in [0.2, 0.25) is 0 Å². The summed E-state index contributed by atoms with van der Waals surface area (Å²) in [6.45, 7) is 2.23. The third-order valence-corrected chi connectivity index (χ3v) is 4.35. The molecule has 1 N–H and O–H groups in total. The van der Waals surface area contributed by atoms with Gasteiger partial charge in [-0.15, -0.1) is 5.10 Å². The molecule has 1 aliphatic rings. The van der Waals surface area contributed by atoms with E-state index >= 15 is 0 Å². The van der Waals surface area contributed by atoms with Crippen LogP contribution in [0.1, 0.15) is 55.4 Å². The zero-order chi connectivity index (χ0) is 14.1. The largest absolute Gasteiger partial charge is 0.478 e. The van der Waals surface area contributed by atoms with Gasteiger partial charge in [0.15, 0.2) is 0 Å². The lowest BCUT2D eigenvalue weighted by molar-refractivity contribution is 0.0698. The Hall–Kier alpha value is -1.91. The molecule has 0 amide bonds. The standard InChI is InChI=1S/C15H19N3O2/c1-10-6-3-2-4-9-13(10)18-14-11(15(19)20)7-5-8-12(14)16-17-18/h5,7-8,10,13H,2-4,6,9H2,1H3,(H,19,20). The topological polar surface area (TPSA) is 68.0 Å². The van der Waals surface area contributed by atoms with E-state index in [9.17, 15) is 9.90 Å². The minimum absolute atomic E-state index is 0.253. The molecule has 0 saturated heterocycles. The fourth-order valence-electron chi connectivity index (χ4n) is 3.24. The maximum atomic E-state index is 11.4. The normalized spacial score (nSPS) is 23.6. The van der Waals surface area contributed by atoms with Crippen LogP contribution in [0.25, 0.3) is 11.0 Å². The molecule has 1 fully saturated rings. The molecule has 106 valence electrons. The molecule has 0 bridgehead atoms. The van der Waals surface area contributed by atoms with Crippen molar-refractivity contribution in [2.24, 2.45) is 5.92 Å². The monoisotopic (exact) mass is 273 g/mol. The van der Waals surface area contributed by atoms with Gasteiger partial charge in [0.25, 0.3) is 0 Å². The number of carboxylic acids is 1. The highest BCUT2D eigenvalue weighted by Gasteiger charge is 2.26. The molecule has 0 spiro atoms. The number of carbonyl (C=O) groups is 1. The number of aromatic nitrogens is 3. The van der Waals surface area contributed by atoms with Crippen molar-refractivity contribution in [3.05, 3.63) is 23.8 Å². The van der Waals surface area contributed by atoms with E-state index in [4.69, 9.17) is 0 Å². The average molecular weight is 273 g/mol. The number of nitrogens with zero attached hydrogens (tertiary/aromatic N) is 3. The van der Waals surface area contributed by atoms with Gasteiger partial charge in [0.2, 0.25) is 0 Å². The molecule has 1 aromatic heterocycles. The fraction of sp³-hybridized carbons (Fsp3) is 0.533. The highest BCUT2D eigenvalue weighted by Crippen LogP contribution is 2.34. The lowest BCUT2D eigenvalue weighted by Gasteiger charge is -2.22. The molecule has 1 aliphatic carbocycles. The van der Waals surface area contributed by atoms with Crippen LogP contribution in [0.4, 0.5) is 0 Å². The van der Waals surface area contributed by atoms with Gasteiger partial charge in [-0.25, -0.2) is 9.48 Å². The second kappa shape index (κ2) is 5.23. The Bertz CT molecular complexity index is 635. The highest BCUT2D eigenvalue weighted by molar-refractivity contribution is 6.00. The van der Waals surface area contributed by atoms with Gasteiger partial charge in [0, 0.05) is 0 Å². The summed E-state index contributed by atoms with van der Waals surface area (Å²) in [6.07, 6.45) is 5.88. The van der Waals surface area contributed by atoms with E-state index < -0.39 is 5.97 Å². The number of rotatable bonds is 2. The van der Waals surface area contributed by atoms with Crippen LogP contribution in [0.3, 0.4) is 0 Å². The van der Waals surface area contributed by atoms with Crippen molar-refractivity contribution in [1.82, 2.24) is 15.0 Å². The Kier molecular flexibility index (Phi) is 3.42. The molecular formula is C15H19N3O2. The van der Waals surface area contributed by atoms with Gasteiger partial charge < -0.3 is 5.11 Å². The molecule has 2 atom stereocenters. The van der Waals surface area contributed by atoms with E-state index in [-0.39, 0.29) is 6.04 Å². The Morgan fingerprint density at radius 1 is 1.30 bits per heavy atom. The summed E-state index contributed by atoms with van der Waals surface area (Å²) in [4.78, 5) is 11.4. The SMILES string of the molecule is CC1CCCCCC1n1nnc2cccc(C(=O)O)c21. The van der Waals surface area contributed by atoms with E-state index in [1.54, 1.807) is 12.1 Å². The van der Waals surface area contributed by atoms with E-state index in [1.165, 1.54) is 25.7 Å². The zero-order valence-corrected chi connectivity index (χ0v) is 11.6. The van der Waals surface area contributed by atoms with Crippen LogP contribution in [0.15, 0.2) is 18.2 Å². The van der Waals surface area contributed by atoms with Crippen molar-refractivity contribution in [1.29, 1.82) is 0 Å². The predicted octanol–water partition coefficient (Wildman–Crippen LogP) is 3.27. The summed E-state index contributed by atoms with van der Waals surface area (Å²) in [7, 11) is 0. The van der Waals surface area contributed by atoms with Crippen LogP contribution in [0.5, 0.6) is 0 Å². The number of benzene rings is 1. The third kappa shape index (κ3) is 2.17. The van der Waals surface area contributed by atoms with Gasteiger partial charge in [-0.3, -0.25) is 0 Å². The van der Waals surface area contributed by atoms with Crippen LogP contribution >= 0.6 is 0 Å². The maximum absolute atomic E-state index is 11.4. The molecule has 0 aliphatic heterocycles. The lowest BCUT2D eigenvalue weighted by Crippen LogP contribution is -2.18. The number of fused-ring (bicyclic) bond motifs is 1. The Balaban J connectivity index is 2.13. The van der Waals surface area contributed by atoms with Crippen molar-refractivity contribution >= 4 is 17.0 Å². The first-order chi connectivity index (χ1) is 9.68. The number of carboxylic acid groups (broad SMARTS) is 1. The summed E-state index contributed by atoms with van der Waals surface area (Å²) >= 11 is 0. The summed E-state index contributed by atoms with van der Waals surface area (Å²) in [5.41, 5.74) is 1.63. The molecule has 2 unspecified atom stereocenters. The first-order valence-corrected chi connectivity index (χ1v) is 7.25. The number of aromatic carboxylic acids is 1. The van der Waals surface area contributed by atoms with Gasteiger partial charge in [-0.05, 0) is 30.9 Å². The second-order valence-electron chi connectivity index (χ2n) is 5.70. The maximum Gasteiger partial charge on any atom is 0.337 e. The van der Waals surface area contributed by atoms with Crippen LogP contribution in [-0.4, -0.2) is 26.1 Å². The molecule has 5 nitrogen and oxygen atoms in total. The molecule has 1 saturated carbocycles. The first kappa shape index (κ1) is 13.1. The quantitative estimate of drug-likeness (QED) is 0.853. The smallest absolute Gasteiger partial charge is 0.337 e. The van der Waals surface area contributed by atoms with Gasteiger partial charge >= 0.3 is 5.97 Å². The Morgan fingerprint density at radius 2 is 2.10 bits per heavy atom. The van der Waals surface area contributed by atoms with Crippen molar-refractivity contribution in [2.75, 3.05) is 0 Å². The van der Waals surface area contributed by atoms with Crippen molar-refractivity contribution in [2.45, 2.75) is 45.1 Å². The van der Waals surface area contributed by atoms with Gasteiger partial charge in [0.1, 0.15) is 11.0 Å². The number of hydrogen-bond acceptors (Lipinski definition) is 3. The Labute approximate surface area is 117 Å². The molecule has 3 rings (SSSR count). The first-order valence-electron chi connectivity index (χ1n) is 7.25. The van der Waals surface area contributed by atoms with Gasteiger partial charge in [-0.2, -0.15) is 0 Å². The van der Waals surface area contributed by atoms with Gasteiger partial charge in [-0.1, -0.05) is 37.5 Å². The minimum Gasteiger partial charge on any atom is -0.478 e. The van der Waals surface area contributed by atoms with Crippen molar-refractivity contribution in [3.8, 4) is 0 Å². The summed E-state index contributed by atoms with van der Waals surface area (Å²) < 4.78 is 1.86. The fourth-order valence-corrected chi connectivity index (χ4v) is 3.24. The van der Waals surface area contributed by atoms with E-state index in [0.717, 1.165) is 6.42 Å². The minimum atomic E-state index is -0.916. The predicted molar refractivity (Wildman–Crippen MR) is 75.8 cm³/mol. The van der Waals surface area contributed by atoms with E-state index in [0.29, 0.717) is 22.5 Å². The van der Waals surface area contributed by atoms with Crippen LogP contribution in [-0.2, 0) is 0 Å². The molecule has 5 heteroatoms. The lowest BCUT2D eigenvalue weighted by atomic mass is 9.96. The molecule has 20 heavy (non-hydrogen) atoms. The summed E-state index contributed by atoms with van der Waals surface area (Å²) in [6, 6.07) is 5.43. The second-order valence-corrected chi connectivity index (χ2v) is 5.70. The van der Waals surface area contributed by atoms with E-state index in [1.807, 2.05) is 10.7 Å². The van der Waals surface area contributed by atoms with Crippen LogP contribution < -0.4 is 0 Å². The average Bonchev–Trinajstić information content (AvgIpc) is 2.75. The zero-order valence-electron chi connectivity index (χ0n) is 11.6. The molecule has 0 radical (unpaired) electrons. The van der Waals surface area contributed by atoms with E-state index in [2.05, 4.69) is 17.2 Å². The van der Waals surface area contributed by atoms with Crippen molar-refractivity contribution < 1.29 is 9.90 Å². The number of hydrogen-bond donors (Lipinski definition) is 1. The Morgan fingerprint density at radius 3 is 2.90 bits per heavy atom. The molecule has 1 aromatic carbocycles. The molecule has 2 aromatic rings. The van der Waals surface area contributed by atoms with Crippen molar-refractivity contribution in [3.63, 3.8) is 0 Å². The highest BCUT2D eigenvalue weighted by atomic mass is 16.4. The summed E-state index contributed by atoms with van der Waals surface area (Å²) in [5, 5.41) is 17.8. The van der Waals surface area contributed by atoms with Crippen LogP contribution in [0, 0.1) is 5.92 Å². The van der Waals surface area contributed by atoms with Gasteiger partial charge in [0.05, 0.1) is 11.6 Å². The third-order valence-electron chi connectivity index (χ3n) is 4.35.